The largest absolute Gasteiger partial charge is 0.508 e. The van der Waals surface area contributed by atoms with E-state index in [1.165, 1.54) is 12.8 Å². The van der Waals surface area contributed by atoms with Gasteiger partial charge in [0.2, 0.25) is 0 Å². The van der Waals surface area contributed by atoms with Gasteiger partial charge in [0.1, 0.15) is 11.6 Å². The van der Waals surface area contributed by atoms with E-state index in [4.69, 9.17) is 5.41 Å². The molecule has 0 atom stereocenters. The minimum absolute atomic E-state index is 0. The van der Waals surface area contributed by atoms with Crippen molar-refractivity contribution in [3.8, 4) is 5.75 Å². The topological polar surface area (TPSA) is 47.3 Å². The molecule has 0 saturated carbocycles. The standard InChI is InChI=1S/C13H18N2O.ClH/c1-9-10(2)12(16)6-5-11(9)13(14)15-7-3-4-8-15;/h5-6,14,16H,3-4,7-8H2,1-2H3;1H. The van der Waals surface area contributed by atoms with Crippen LogP contribution in [0.4, 0.5) is 0 Å². The second-order valence-electron chi connectivity index (χ2n) is 4.43. The van der Waals surface area contributed by atoms with Crippen LogP contribution in [0.5, 0.6) is 5.75 Å². The Bertz CT molecular complexity index is 426. The molecule has 0 bridgehead atoms. The normalized spacial score (nSPS) is 14.6. The van der Waals surface area contributed by atoms with Crippen molar-refractivity contribution in [1.29, 1.82) is 5.41 Å². The van der Waals surface area contributed by atoms with Crippen molar-refractivity contribution in [3.63, 3.8) is 0 Å². The van der Waals surface area contributed by atoms with Gasteiger partial charge in [-0.25, -0.2) is 0 Å². The van der Waals surface area contributed by atoms with Crippen molar-refractivity contribution in [2.75, 3.05) is 13.1 Å². The second kappa shape index (κ2) is 5.41. The first-order chi connectivity index (χ1) is 7.61. The molecule has 0 spiro atoms. The summed E-state index contributed by atoms with van der Waals surface area (Å²) < 4.78 is 0. The molecule has 0 aliphatic carbocycles. The number of nitrogens with zero attached hydrogens (tertiary/aromatic N) is 1. The molecule has 17 heavy (non-hydrogen) atoms. The Morgan fingerprint density at radius 2 is 1.76 bits per heavy atom. The third-order valence-electron chi connectivity index (χ3n) is 3.44. The van der Waals surface area contributed by atoms with Gasteiger partial charge in [0.05, 0.1) is 0 Å². The minimum atomic E-state index is 0. The number of phenolic OH excluding ortho intramolecular Hbond substituents is 1. The Hall–Kier alpha value is -1.22. The molecule has 0 amide bonds. The fourth-order valence-electron chi connectivity index (χ4n) is 2.17. The molecular formula is C13H19ClN2O. The molecule has 1 heterocycles. The van der Waals surface area contributed by atoms with Crippen molar-refractivity contribution in [2.45, 2.75) is 26.7 Å². The lowest BCUT2D eigenvalue weighted by molar-refractivity contribution is 0.470. The average Bonchev–Trinajstić information content (AvgIpc) is 2.79. The highest BCUT2D eigenvalue weighted by atomic mass is 35.5. The summed E-state index contributed by atoms with van der Waals surface area (Å²) in [5, 5.41) is 17.8. The van der Waals surface area contributed by atoms with Crippen LogP contribution < -0.4 is 0 Å². The fourth-order valence-corrected chi connectivity index (χ4v) is 2.17. The molecule has 2 N–H and O–H groups in total. The number of nitrogens with one attached hydrogen (secondary N) is 1. The molecule has 1 fully saturated rings. The smallest absolute Gasteiger partial charge is 0.128 e. The van der Waals surface area contributed by atoms with Crippen molar-refractivity contribution < 1.29 is 5.11 Å². The van der Waals surface area contributed by atoms with Crippen LogP contribution in [-0.2, 0) is 0 Å². The molecule has 0 unspecified atom stereocenters. The summed E-state index contributed by atoms with van der Waals surface area (Å²) in [5.74, 6) is 0.911. The van der Waals surface area contributed by atoms with Crippen LogP contribution in [0.2, 0.25) is 0 Å². The van der Waals surface area contributed by atoms with E-state index in [-0.39, 0.29) is 12.4 Å². The molecule has 1 aromatic rings. The molecule has 0 aromatic heterocycles. The number of rotatable bonds is 1. The van der Waals surface area contributed by atoms with E-state index >= 15 is 0 Å². The predicted molar refractivity (Wildman–Crippen MR) is 72.5 cm³/mol. The number of hydrogen-bond acceptors (Lipinski definition) is 2. The van der Waals surface area contributed by atoms with E-state index in [0.717, 1.165) is 29.8 Å². The van der Waals surface area contributed by atoms with E-state index in [9.17, 15) is 5.11 Å². The first kappa shape index (κ1) is 13.8. The maximum atomic E-state index is 9.59. The van der Waals surface area contributed by atoms with E-state index < -0.39 is 0 Å². The van der Waals surface area contributed by atoms with Crippen molar-refractivity contribution >= 4 is 18.2 Å². The summed E-state index contributed by atoms with van der Waals surface area (Å²) in [4.78, 5) is 2.11. The zero-order chi connectivity index (χ0) is 11.7. The van der Waals surface area contributed by atoms with Crippen LogP contribution in [0.1, 0.15) is 29.5 Å². The first-order valence-electron chi connectivity index (χ1n) is 5.74. The van der Waals surface area contributed by atoms with Crippen LogP contribution in [0.25, 0.3) is 0 Å². The highest BCUT2D eigenvalue weighted by Gasteiger charge is 2.18. The first-order valence-corrected chi connectivity index (χ1v) is 5.74. The summed E-state index contributed by atoms with van der Waals surface area (Å²) in [6.45, 7) is 5.83. The second-order valence-corrected chi connectivity index (χ2v) is 4.43. The highest BCUT2D eigenvalue weighted by Crippen LogP contribution is 2.24. The van der Waals surface area contributed by atoms with E-state index in [1.54, 1.807) is 6.07 Å². The van der Waals surface area contributed by atoms with Crippen LogP contribution in [0, 0.1) is 19.3 Å². The van der Waals surface area contributed by atoms with Crippen LogP contribution in [0.3, 0.4) is 0 Å². The third kappa shape index (κ3) is 2.55. The van der Waals surface area contributed by atoms with E-state index in [1.807, 2.05) is 19.9 Å². The lowest BCUT2D eigenvalue weighted by atomic mass is 10.0. The summed E-state index contributed by atoms with van der Waals surface area (Å²) in [7, 11) is 0. The molecule has 4 heteroatoms. The fraction of sp³-hybridized carbons (Fsp3) is 0.462. The third-order valence-corrected chi connectivity index (χ3v) is 3.44. The number of benzene rings is 1. The Labute approximate surface area is 108 Å². The zero-order valence-electron chi connectivity index (χ0n) is 10.3. The van der Waals surface area contributed by atoms with Gasteiger partial charge in [-0.1, -0.05) is 0 Å². The zero-order valence-corrected chi connectivity index (χ0v) is 11.1. The summed E-state index contributed by atoms with van der Waals surface area (Å²) in [5.41, 5.74) is 2.83. The summed E-state index contributed by atoms with van der Waals surface area (Å²) >= 11 is 0. The van der Waals surface area contributed by atoms with E-state index in [2.05, 4.69) is 4.90 Å². The van der Waals surface area contributed by atoms with Gasteiger partial charge in [-0.15, -0.1) is 12.4 Å². The monoisotopic (exact) mass is 254 g/mol. The number of phenols is 1. The lowest BCUT2D eigenvalue weighted by Crippen LogP contribution is -2.28. The van der Waals surface area contributed by atoms with Crippen molar-refractivity contribution in [3.05, 3.63) is 28.8 Å². The molecule has 2 rings (SSSR count). The SMILES string of the molecule is Cc1c(O)ccc(C(=N)N2CCCC2)c1C.Cl. The predicted octanol–water partition coefficient (Wildman–Crippen LogP) is 2.85. The highest BCUT2D eigenvalue weighted by molar-refractivity contribution is 5.98. The number of likely N-dealkylation sites (tertiary alicyclic amines) is 1. The number of aromatic hydroxyl groups is 1. The van der Waals surface area contributed by atoms with Gasteiger partial charge in [0.25, 0.3) is 0 Å². The molecule has 1 saturated heterocycles. The molecular weight excluding hydrogens is 236 g/mol. The molecule has 0 radical (unpaired) electrons. The Balaban J connectivity index is 0.00000144. The van der Waals surface area contributed by atoms with Crippen LogP contribution in [-0.4, -0.2) is 28.9 Å². The Morgan fingerprint density at radius 3 is 2.35 bits per heavy atom. The van der Waals surface area contributed by atoms with Crippen molar-refractivity contribution in [1.82, 2.24) is 4.90 Å². The van der Waals surface area contributed by atoms with Crippen LogP contribution in [0.15, 0.2) is 12.1 Å². The molecule has 94 valence electrons. The van der Waals surface area contributed by atoms with Gasteiger partial charge in [-0.2, -0.15) is 0 Å². The molecule has 1 aromatic carbocycles. The van der Waals surface area contributed by atoms with Crippen LogP contribution >= 0.6 is 12.4 Å². The Morgan fingerprint density at radius 1 is 1.18 bits per heavy atom. The average molecular weight is 255 g/mol. The lowest BCUT2D eigenvalue weighted by Gasteiger charge is -2.20. The van der Waals surface area contributed by atoms with Gasteiger partial charge >= 0.3 is 0 Å². The Kier molecular flexibility index (Phi) is 4.40. The summed E-state index contributed by atoms with van der Waals surface area (Å²) in [6, 6.07) is 3.53. The quantitative estimate of drug-likeness (QED) is 0.598. The number of hydrogen-bond donors (Lipinski definition) is 2. The van der Waals surface area contributed by atoms with Gasteiger partial charge in [-0.3, -0.25) is 5.41 Å². The van der Waals surface area contributed by atoms with Gasteiger partial charge < -0.3 is 10.0 Å². The van der Waals surface area contributed by atoms with Crippen molar-refractivity contribution in [2.24, 2.45) is 0 Å². The van der Waals surface area contributed by atoms with Gasteiger partial charge in [0, 0.05) is 18.7 Å². The summed E-state index contributed by atoms with van der Waals surface area (Å²) in [6.07, 6.45) is 2.36. The minimum Gasteiger partial charge on any atom is -0.508 e. The number of amidine groups is 1. The van der Waals surface area contributed by atoms with E-state index in [0.29, 0.717) is 11.6 Å². The molecule has 1 aliphatic heterocycles. The number of halogens is 1. The molecule has 3 nitrogen and oxygen atoms in total. The maximum absolute atomic E-state index is 9.59. The molecule has 1 aliphatic rings. The van der Waals surface area contributed by atoms with Gasteiger partial charge in [-0.05, 0) is 49.9 Å². The van der Waals surface area contributed by atoms with Gasteiger partial charge in [0.15, 0.2) is 0 Å². The maximum Gasteiger partial charge on any atom is 0.128 e.